The van der Waals surface area contributed by atoms with Crippen molar-refractivity contribution in [2.24, 2.45) is 0 Å². The predicted octanol–water partition coefficient (Wildman–Crippen LogP) is 1.46. The number of hydrogen-bond acceptors (Lipinski definition) is 3. The fourth-order valence-electron chi connectivity index (χ4n) is 1.77. The summed E-state index contributed by atoms with van der Waals surface area (Å²) >= 11 is 0. The molecule has 1 unspecified atom stereocenters. The molecule has 0 spiro atoms. The molecule has 0 aliphatic carbocycles. The van der Waals surface area contributed by atoms with Crippen molar-refractivity contribution in [1.29, 1.82) is 0 Å². The third-order valence-corrected chi connectivity index (χ3v) is 2.60. The van der Waals surface area contributed by atoms with Gasteiger partial charge in [0.1, 0.15) is 5.78 Å². The van der Waals surface area contributed by atoms with Crippen LogP contribution in [0.25, 0.3) is 0 Å². The topological polar surface area (TPSA) is 29.5 Å². The van der Waals surface area contributed by atoms with E-state index in [0.29, 0.717) is 6.42 Å². The molecule has 1 atom stereocenters. The third-order valence-electron chi connectivity index (χ3n) is 2.60. The second kappa shape index (κ2) is 4.41. The Morgan fingerprint density at radius 1 is 1.50 bits per heavy atom. The van der Waals surface area contributed by atoms with Gasteiger partial charge in [-0.15, -0.1) is 0 Å². The van der Waals surface area contributed by atoms with Crippen LogP contribution in [0, 0.1) is 0 Å². The van der Waals surface area contributed by atoms with Crippen molar-refractivity contribution in [3.05, 3.63) is 0 Å². The molecule has 1 rings (SSSR count). The van der Waals surface area contributed by atoms with Gasteiger partial charge in [-0.3, -0.25) is 9.69 Å². The number of carbonyl (C=O) groups is 1. The van der Waals surface area contributed by atoms with Crippen molar-refractivity contribution in [3.63, 3.8) is 0 Å². The Bertz CT molecular complexity index is 208. The van der Waals surface area contributed by atoms with Crippen LogP contribution in [0.1, 0.15) is 34.1 Å². The number of Topliss-reactive ketones (excluding diaryl/α,β-unsaturated/α-hetero) is 1. The average molecular weight is 199 g/mol. The number of nitrogens with zero attached hydrogens (tertiary/aromatic N) is 1. The smallest absolute Gasteiger partial charge is 0.132 e. The maximum absolute atomic E-state index is 11.0. The molecule has 3 nitrogen and oxygen atoms in total. The Balaban J connectivity index is 2.48. The quantitative estimate of drug-likeness (QED) is 0.674. The average Bonchev–Trinajstić information content (AvgIpc) is 2.01. The second-order valence-electron chi connectivity index (χ2n) is 5.02. The molecule has 0 aromatic rings. The summed E-state index contributed by atoms with van der Waals surface area (Å²) in [6, 6.07) is 0. The van der Waals surface area contributed by atoms with Gasteiger partial charge in [-0.25, -0.2) is 0 Å². The van der Waals surface area contributed by atoms with Crippen molar-refractivity contribution >= 4 is 5.78 Å². The number of ether oxygens (including phenoxy) is 1. The zero-order valence-corrected chi connectivity index (χ0v) is 9.67. The lowest BCUT2D eigenvalue weighted by molar-refractivity contribution is -0.123. The van der Waals surface area contributed by atoms with Crippen molar-refractivity contribution in [2.45, 2.75) is 45.8 Å². The van der Waals surface area contributed by atoms with Gasteiger partial charge in [0.25, 0.3) is 0 Å². The van der Waals surface area contributed by atoms with Gasteiger partial charge in [0.05, 0.1) is 12.7 Å². The molecule has 0 aromatic heterocycles. The van der Waals surface area contributed by atoms with Gasteiger partial charge in [-0.05, 0) is 27.7 Å². The highest BCUT2D eigenvalue weighted by atomic mass is 16.5. The molecule has 1 aliphatic heterocycles. The summed E-state index contributed by atoms with van der Waals surface area (Å²) in [5.74, 6) is 0.214. The summed E-state index contributed by atoms with van der Waals surface area (Å²) in [6.45, 7) is 10.8. The Morgan fingerprint density at radius 3 is 2.64 bits per heavy atom. The largest absolute Gasteiger partial charge is 0.375 e. The van der Waals surface area contributed by atoms with Crippen LogP contribution in [0.3, 0.4) is 0 Å². The van der Waals surface area contributed by atoms with E-state index in [0.717, 1.165) is 19.7 Å². The normalized spacial score (nSPS) is 25.0. The Hall–Kier alpha value is -0.410. The van der Waals surface area contributed by atoms with Gasteiger partial charge in [0.2, 0.25) is 0 Å². The summed E-state index contributed by atoms with van der Waals surface area (Å²) in [5, 5.41) is 0. The minimum Gasteiger partial charge on any atom is -0.375 e. The summed E-state index contributed by atoms with van der Waals surface area (Å²) in [4.78, 5) is 13.3. The maximum atomic E-state index is 11.0. The van der Waals surface area contributed by atoms with Crippen LogP contribution in [-0.2, 0) is 9.53 Å². The molecular weight excluding hydrogens is 178 g/mol. The molecule has 1 heterocycles. The van der Waals surface area contributed by atoms with Crippen molar-refractivity contribution in [2.75, 3.05) is 19.7 Å². The van der Waals surface area contributed by atoms with E-state index in [2.05, 4.69) is 25.7 Å². The number of morpholine rings is 1. The van der Waals surface area contributed by atoms with E-state index in [1.54, 1.807) is 6.92 Å². The minimum absolute atomic E-state index is 0.0977. The molecule has 1 aliphatic rings. The molecular formula is C11H21NO2. The van der Waals surface area contributed by atoms with E-state index < -0.39 is 0 Å². The number of rotatable bonds is 2. The van der Waals surface area contributed by atoms with E-state index in [-0.39, 0.29) is 17.4 Å². The summed E-state index contributed by atoms with van der Waals surface area (Å²) in [5.41, 5.74) is 0.179. The SMILES string of the molecule is CC(=O)CC1CN(C(C)(C)C)CCO1. The van der Waals surface area contributed by atoms with Gasteiger partial charge in [0.15, 0.2) is 0 Å². The maximum Gasteiger partial charge on any atom is 0.132 e. The van der Waals surface area contributed by atoms with Crippen LogP contribution >= 0.6 is 0 Å². The van der Waals surface area contributed by atoms with Gasteiger partial charge in [0, 0.05) is 25.0 Å². The summed E-state index contributed by atoms with van der Waals surface area (Å²) in [7, 11) is 0. The number of ketones is 1. The Kier molecular flexibility index (Phi) is 3.67. The van der Waals surface area contributed by atoms with Crippen molar-refractivity contribution in [3.8, 4) is 0 Å². The first-order valence-electron chi connectivity index (χ1n) is 5.25. The van der Waals surface area contributed by atoms with E-state index in [4.69, 9.17) is 4.74 Å². The molecule has 0 bridgehead atoms. The van der Waals surface area contributed by atoms with Gasteiger partial charge < -0.3 is 4.74 Å². The summed E-state index contributed by atoms with van der Waals surface area (Å²) in [6.07, 6.45) is 0.646. The Labute approximate surface area is 86.4 Å². The van der Waals surface area contributed by atoms with E-state index in [1.807, 2.05) is 0 Å². The molecule has 14 heavy (non-hydrogen) atoms. The lowest BCUT2D eigenvalue weighted by Gasteiger charge is -2.41. The standard InChI is InChI=1S/C11H21NO2/c1-9(13)7-10-8-12(5-6-14-10)11(2,3)4/h10H,5-8H2,1-4H3. The first-order valence-corrected chi connectivity index (χ1v) is 5.25. The molecule has 0 radical (unpaired) electrons. The van der Waals surface area contributed by atoms with E-state index in [1.165, 1.54) is 0 Å². The fraction of sp³-hybridized carbons (Fsp3) is 0.909. The zero-order valence-electron chi connectivity index (χ0n) is 9.67. The molecule has 0 aromatic carbocycles. The number of hydrogen-bond donors (Lipinski definition) is 0. The highest BCUT2D eigenvalue weighted by Crippen LogP contribution is 2.18. The monoisotopic (exact) mass is 199 g/mol. The lowest BCUT2D eigenvalue weighted by Crippen LogP contribution is -2.51. The van der Waals surface area contributed by atoms with Crippen molar-refractivity contribution < 1.29 is 9.53 Å². The molecule has 1 fully saturated rings. The molecule has 0 saturated carbocycles. The minimum atomic E-state index is 0.0977. The molecule has 3 heteroatoms. The highest BCUT2D eigenvalue weighted by Gasteiger charge is 2.28. The lowest BCUT2D eigenvalue weighted by atomic mass is 10.0. The van der Waals surface area contributed by atoms with Crippen LogP contribution in [-0.4, -0.2) is 42.0 Å². The predicted molar refractivity (Wildman–Crippen MR) is 56.4 cm³/mol. The first kappa shape index (κ1) is 11.7. The molecule has 0 N–H and O–H groups in total. The zero-order chi connectivity index (χ0) is 10.8. The van der Waals surface area contributed by atoms with Gasteiger partial charge in [-0.2, -0.15) is 0 Å². The second-order valence-corrected chi connectivity index (χ2v) is 5.02. The fourth-order valence-corrected chi connectivity index (χ4v) is 1.77. The van der Waals surface area contributed by atoms with E-state index >= 15 is 0 Å². The molecule has 0 amide bonds. The number of carbonyl (C=O) groups excluding carboxylic acids is 1. The van der Waals surface area contributed by atoms with Gasteiger partial charge in [-0.1, -0.05) is 0 Å². The molecule has 82 valence electrons. The summed E-state index contributed by atoms with van der Waals surface area (Å²) < 4.78 is 5.55. The van der Waals surface area contributed by atoms with Crippen LogP contribution in [0.4, 0.5) is 0 Å². The van der Waals surface area contributed by atoms with Gasteiger partial charge >= 0.3 is 0 Å². The van der Waals surface area contributed by atoms with E-state index in [9.17, 15) is 4.79 Å². The van der Waals surface area contributed by atoms with Crippen LogP contribution in [0.15, 0.2) is 0 Å². The Morgan fingerprint density at radius 2 is 2.14 bits per heavy atom. The van der Waals surface area contributed by atoms with Crippen LogP contribution in [0.5, 0.6) is 0 Å². The highest BCUT2D eigenvalue weighted by molar-refractivity contribution is 5.76. The first-order chi connectivity index (χ1) is 6.39. The third kappa shape index (κ3) is 3.39. The van der Waals surface area contributed by atoms with Crippen LogP contribution < -0.4 is 0 Å². The molecule has 1 saturated heterocycles. The van der Waals surface area contributed by atoms with Crippen molar-refractivity contribution in [1.82, 2.24) is 4.90 Å². The van der Waals surface area contributed by atoms with Crippen LogP contribution in [0.2, 0.25) is 0 Å².